The Hall–Kier alpha value is -1.13. The van der Waals surface area contributed by atoms with Crippen molar-refractivity contribution in [2.45, 2.75) is 18.8 Å². The van der Waals surface area contributed by atoms with Crippen molar-refractivity contribution in [1.29, 1.82) is 0 Å². The summed E-state index contributed by atoms with van der Waals surface area (Å²) >= 11 is 9.53. The summed E-state index contributed by atoms with van der Waals surface area (Å²) in [5, 5.41) is 3.76. The predicted molar refractivity (Wildman–Crippen MR) is 81.7 cm³/mol. The minimum Gasteiger partial charge on any atom is -0.373 e. The highest BCUT2D eigenvalue weighted by Crippen LogP contribution is 2.40. The van der Waals surface area contributed by atoms with Crippen LogP contribution in [0, 0.1) is 0 Å². The summed E-state index contributed by atoms with van der Waals surface area (Å²) < 4.78 is 0.880. The average molecular weight is 339 g/mol. The molecule has 1 aliphatic rings. The van der Waals surface area contributed by atoms with Crippen molar-refractivity contribution in [3.8, 4) is 11.4 Å². The van der Waals surface area contributed by atoms with Crippen LogP contribution in [-0.2, 0) is 0 Å². The molecule has 0 aliphatic heterocycles. The van der Waals surface area contributed by atoms with Gasteiger partial charge in [-0.3, -0.25) is 0 Å². The van der Waals surface area contributed by atoms with Crippen LogP contribution in [0.4, 0.5) is 5.82 Å². The van der Waals surface area contributed by atoms with Crippen molar-refractivity contribution in [3.63, 3.8) is 0 Å². The van der Waals surface area contributed by atoms with Crippen LogP contribution in [0.1, 0.15) is 24.5 Å². The van der Waals surface area contributed by atoms with Gasteiger partial charge in [0.15, 0.2) is 5.82 Å². The number of halogens is 2. The Morgan fingerprint density at radius 3 is 2.68 bits per heavy atom. The van der Waals surface area contributed by atoms with E-state index in [0.717, 1.165) is 27.4 Å². The van der Waals surface area contributed by atoms with Crippen LogP contribution >= 0.6 is 27.5 Å². The molecule has 1 saturated carbocycles. The Kier molecular flexibility index (Phi) is 3.46. The Balaban J connectivity index is 2.07. The zero-order chi connectivity index (χ0) is 13.4. The van der Waals surface area contributed by atoms with E-state index >= 15 is 0 Å². The molecule has 19 heavy (non-hydrogen) atoms. The van der Waals surface area contributed by atoms with E-state index in [4.69, 9.17) is 11.6 Å². The van der Waals surface area contributed by atoms with Gasteiger partial charge in [0.1, 0.15) is 5.82 Å². The number of hydrogen-bond donors (Lipinski definition) is 1. The number of anilines is 1. The first-order valence-electron chi connectivity index (χ1n) is 6.19. The zero-order valence-electron chi connectivity index (χ0n) is 10.5. The molecule has 3 nitrogen and oxygen atoms in total. The van der Waals surface area contributed by atoms with Gasteiger partial charge in [-0.1, -0.05) is 11.6 Å². The van der Waals surface area contributed by atoms with E-state index in [1.165, 1.54) is 12.8 Å². The van der Waals surface area contributed by atoms with E-state index in [2.05, 4.69) is 31.2 Å². The third kappa shape index (κ3) is 2.74. The van der Waals surface area contributed by atoms with Crippen molar-refractivity contribution >= 4 is 33.3 Å². The van der Waals surface area contributed by atoms with Crippen molar-refractivity contribution in [1.82, 2.24) is 9.97 Å². The summed E-state index contributed by atoms with van der Waals surface area (Å²) in [4.78, 5) is 9.17. The summed E-state index contributed by atoms with van der Waals surface area (Å²) in [6.45, 7) is 0. The second-order valence-corrected chi connectivity index (χ2v) is 5.92. The molecule has 1 aliphatic carbocycles. The molecule has 1 N–H and O–H groups in total. The van der Waals surface area contributed by atoms with Crippen molar-refractivity contribution in [2.75, 3.05) is 12.4 Å². The monoisotopic (exact) mass is 337 g/mol. The normalized spacial score (nSPS) is 14.5. The zero-order valence-corrected chi connectivity index (χ0v) is 12.8. The maximum Gasteiger partial charge on any atom is 0.161 e. The van der Waals surface area contributed by atoms with Crippen molar-refractivity contribution < 1.29 is 0 Å². The van der Waals surface area contributed by atoms with E-state index < -0.39 is 0 Å². The molecule has 98 valence electrons. The molecule has 5 heteroatoms. The lowest BCUT2D eigenvalue weighted by Gasteiger charge is -2.08. The third-order valence-corrected chi connectivity index (χ3v) is 4.41. The first-order chi connectivity index (χ1) is 9.17. The number of hydrogen-bond acceptors (Lipinski definition) is 3. The van der Waals surface area contributed by atoms with Gasteiger partial charge < -0.3 is 5.32 Å². The van der Waals surface area contributed by atoms with Crippen LogP contribution in [0.2, 0.25) is 5.02 Å². The molecule has 1 fully saturated rings. The lowest BCUT2D eigenvalue weighted by atomic mass is 10.2. The van der Waals surface area contributed by atoms with Gasteiger partial charge in [-0.05, 0) is 47.0 Å². The maximum atomic E-state index is 6.13. The molecule has 1 aromatic carbocycles. The van der Waals surface area contributed by atoms with E-state index in [1.54, 1.807) is 0 Å². The fourth-order valence-corrected chi connectivity index (χ4v) is 2.37. The smallest absolute Gasteiger partial charge is 0.161 e. The highest BCUT2D eigenvalue weighted by Gasteiger charge is 2.26. The summed E-state index contributed by atoms with van der Waals surface area (Å²) in [5.74, 6) is 2.17. The lowest BCUT2D eigenvalue weighted by Crippen LogP contribution is -2.00. The van der Waals surface area contributed by atoms with Crippen LogP contribution in [0.3, 0.4) is 0 Å². The quantitative estimate of drug-likeness (QED) is 0.896. The largest absolute Gasteiger partial charge is 0.373 e. The SMILES string of the molecule is CNc1cc(C2CC2)nc(-c2ccc(Br)c(Cl)c2)n1. The van der Waals surface area contributed by atoms with Gasteiger partial charge in [0, 0.05) is 34.8 Å². The van der Waals surface area contributed by atoms with Crippen LogP contribution in [0.25, 0.3) is 11.4 Å². The van der Waals surface area contributed by atoms with E-state index in [0.29, 0.717) is 10.9 Å². The molecule has 3 rings (SSSR count). The first kappa shape index (κ1) is 12.9. The molecule has 0 unspecified atom stereocenters. The topological polar surface area (TPSA) is 37.8 Å². The number of rotatable bonds is 3. The van der Waals surface area contributed by atoms with Gasteiger partial charge >= 0.3 is 0 Å². The van der Waals surface area contributed by atoms with Crippen LogP contribution in [-0.4, -0.2) is 17.0 Å². The Labute approximate surface area is 125 Å². The van der Waals surface area contributed by atoms with Gasteiger partial charge in [0.25, 0.3) is 0 Å². The summed E-state index contributed by atoms with van der Waals surface area (Å²) in [7, 11) is 1.87. The van der Waals surface area contributed by atoms with Crippen molar-refractivity contribution in [2.24, 2.45) is 0 Å². The van der Waals surface area contributed by atoms with Gasteiger partial charge in [-0.2, -0.15) is 0 Å². The number of benzene rings is 1. The average Bonchev–Trinajstić information content (AvgIpc) is 3.26. The first-order valence-corrected chi connectivity index (χ1v) is 7.36. The molecule has 0 spiro atoms. The fourth-order valence-electron chi connectivity index (χ4n) is 1.95. The van der Waals surface area contributed by atoms with Gasteiger partial charge in [-0.25, -0.2) is 9.97 Å². The van der Waals surface area contributed by atoms with Gasteiger partial charge in [0.05, 0.1) is 5.02 Å². The van der Waals surface area contributed by atoms with Crippen LogP contribution < -0.4 is 5.32 Å². The fraction of sp³-hybridized carbons (Fsp3) is 0.286. The summed E-state index contributed by atoms with van der Waals surface area (Å²) in [6.07, 6.45) is 2.45. The molecule has 0 saturated heterocycles. The molecule has 0 bridgehead atoms. The second-order valence-electron chi connectivity index (χ2n) is 4.65. The highest BCUT2D eigenvalue weighted by atomic mass is 79.9. The van der Waals surface area contributed by atoms with Crippen LogP contribution in [0.5, 0.6) is 0 Å². The lowest BCUT2D eigenvalue weighted by molar-refractivity contribution is 0.994. The van der Waals surface area contributed by atoms with Crippen LogP contribution in [0.15, 0.2) is 28.7 Å². The predicted octanol–water partition coefficient (Wildman–Crippen LogP) is 4.48. The molecule has 2 aromatic rings. The summed E-state index contributed by atoms with van der Waals surface area (Å²) in [5.41, 5.74) is 2.06. The Bertz CT molecular complexity index is 626. The standard InChI is InChI=1S/C14H13BrClN3/c1-17-13-7-12(8-2-3-8)18-14(19-13)9-4-5-10(15)11(16)6-9/h4-8H,2-3H2,1H3,(H,17,18,19). The number of nitrogens with one attached hydrogen (secondary N) is 1. The molecule has 0 atom stereocenters. The van der Waals surface area contributed by atoms with Crippen molar-refractivity contribution in [3.05, 3.63) is 39.5 Å². The van der Waals surface area contributed by atoms with Gasteiger partial charge in [0.2, 0.25) is 0 Å². The van der Waals surface area contributed by atoms with E-state index in [9.17, 15) is 0 Å². The maximum absolute atomic E-state index is 6.13. The third-order valence-electron chi connectivity index (χ3n) is 3.18. The second kappa shape index (κ2) is 5.10. The Morgan fingerprint density at radius 1 is 1.26 bits per heavy atom. The molecular formula is C14H13BrClN3. The minimum absolute atomic E-state index is 0.597. The van der Waals surface area contributed by atoms with Gasteiger partial charge in [-0.15, -0.1) is 0 Å². The van der Waals surface area contributed by atoms with E-state index in [1.807, 2.05) is 31.3 Å². The summed E-state index contributed by atoms with van der Waals surface area (Å²) in [6, 6.07) is 7.81. The molecule has 1 heterocycles. The molecule has 1 aromatic heterocycles. The van der Waals surface area contributed by atoms with E-state index in [-0.39, 0.29) is 0 Å². The molecular weight excluding hydrogens is 326 g/mol. The molecule has 0 radical (unpaired) electrons. The minimum atomic E-state index is 0.597. The Morgan fingerprint density at radius 2 is 2.05 bits per heavy atom. The molecule has 0 amide bonds. The number of nitrogens with zero attached hydrogens (tertiary/aromatic N) is 2. The number of aromatic nitrogens is 2. The highest BCUT2D eigenvalue weighted by molar-refractivity contribution is 9.10.